The normalized spacial score (nSPS) is 13.2. The largest absolute Gasteiger partial charge is 0.458 e. The lowest BCUT2D eigenvalue weighted by Crippen LogP contribution is -2.77. The van der Waals surface area contributed by atoms with Gasteiger partial charge in [-0.3, -0.25) is 0 Å². The smallest absolute Gasteiger partial charge is 0.190 e. The Morgan fingerprint density at radius 1 is 0.346 bits per heavy atom. The highest BCUT2D eigenvalue weighted by Gasteiger charge is 2.52. The molecule has 0 radical (unpaired) electrons. The van der Waals surface area contributed by atoms with Gasteiger partial charge in [0, 0.05) is 26.9 Å². The van der Waals surface area contributed by atoms with Gasteiger partial charge in [-0.2, -0.15) is 0 Å². The van der Waals surface area contributed by atoms with Crippen LogP contribution >= 0.6 is 11.8 Å². The molecule has 2 nitrogen and oxygen atoms in total. The van der Waals surface area contributed by atoms with Crippen LogP contribution in [-0.4, -0.2) is 8.07 Å². The van der Waals surface area contributed by atoms with Gasteiger partial charge in [0.25, 0.3) is 0 Å². The van der Waals surface area contributed by atoms with E-state index in [2.05, 4.69) is 205 Å². The van der Waals surface area contributed by atoms with Crippen molar-refractivity contribution in [2.75, 3.05) is 4.90 Å². The minimum absolute atomic E-state index is 0.955. The van der Waals surface area contributed by atoms with Crippen molar-refractivity contribution < 1.29 is 4.74 Å². The van der Waals surface area contributed by atoms with E-state index in [1.54, 1.807) is 0 Å². The molecule has 8 aromatic rings. The van der Waals surface area contributed by atoms with Crippen molar-refractivity contribution in [1.29, 1.82) is 0 Å². The number of para-hydroxylation sites is 2. The van der Waals surface area contributed by atoms with Crippen LogP contribution < -0.4 is 30.4 Å². The number of anilines is 3. The van der Waals surface area contributed by atoms with Crippen molar-refractivity contribution in [2.24, 2.45) is 0 Å². The maximum Gasteiger partial charge on any atom is 0.190 e. The van der Waals surface area contributed by atoms with E-state index in [1.807, 2.05) is 11.8 Å². The van der Waals surface area contributed by atoms with Crippen molar-refractivity contribution in [3.05, 3.63) is 200 Å². The van der Waals surface area contributed by atoms with Crippen LogP contribution in [0.5, 0.6) is 11.5 Å². The molecule has 246 valence electrons. The summed E-state index contributed by atoms with van der Waals surface area (Å²) in [6.45, 7) is 0. The monoisotopic (exact) mass is 699 g/mol. The molecule has 0 bridgehead atoms. The van der Waals surface area contributed by atoms with E-state index in [0.29, 0.717) is 0 Å². The molecule has 10 rings (SSSR count). The van der Waals surface area contributed by atoms with Crippen LogP contribution in [0.2, 0.25) is 0 Å². The minimum Gasteiger partial charge on any atom is -0.458 e. The van der Waals surface area contributed by atoms with Gasteiger partial charge < -0.3 is 9.64 Å². The highest BCUT2D eigenvalue weighted by atomic mass is 32.2. The summed E-state index contributed by atoms with van der Waals surface area (Å²) in [6, 6.07) is 72.6. The Hall–Kier alpha value is -6.07. The Kier molecular flexibility index (Phi) is 7.45. The standard InChI is InChI=1S/C48H33NOSSi/c1-3-13-34(14-4-1)35-23-28-39(29-24-35)49(38-15-5-2-6-16-38)40-30-25-36(26-31-40)37-27-32-42-48(33-37)52(45-20-10-7-17-41(45)50-42)46-21-11-8-18-43(46)51-44-19-9-12-22-47(44)52/h1-33H. The third-order valence-corrected chi connectivity index (χ3v) is 16.8. The maximum absolute atomic E-state index is 6.73. The van der Waals surface area contributed by atoms with Gasteiger partial charge in [0.15, 0.2) is 8.07 Å². The first-order valence-corrected chi connectivity index (χ1v) is 20.5. The Balaban J connectivity index is 1.09. The summed E-state index contributed by atoms with van der Waals surface area (Å²) in [5, 5.41) is 5.48. The molecule has 0 unspecified atom stereocenters. The molecule has 0 aromatic heterocycles. The first-order valence-electron chi connectivity index (χ1n) is 17.7. The summed E-state index contributed by atoms with van der Waals surface area (Å²) in [5.74, 6) is 1.92. The van der Waals surface area contributed by atoms with Gasteiger partial charge in [-0.1, -0.05) is 151 Å². The molecule has 0 fully saturated rings. The number of ether oxygens (including phenoxy) is 1. The van der Waals surface area contributed by atoms with E-state index in [9.17, 15) is 0 Å². The lowest BCUT2D eigenvalue weighted by Gasteiger charge is -2.43. The maximum atomic E-state index is 6.73. The molecule has 2 heterocycles. The highest BCUT2D eigenvalue weighted by molar-refractivity contribution is 8.00. The predicted octanol–water partition coefficient (Wildman–Crippen LogP) is 10.4. The second-order valence-corrected chi connectivity index (χ2v) is 18.0. The van der Waals surface area contributed by atoms with Crippen LogP contribution in [-0.2, 0) is 0 Å². The van der Waals surface area contributed by atoms with Gasteiger partial charge in [-0.15, -0.1) is 0 Å². The van der Waals surface area contributed by atoms with E-state index < -0.39 is 8.07 Å². The Morgan fingerprint density at radius 3 is 1.42 bits per heavy atom. The summed E-state index contributed by atoms with van der Waals surface area (Å²) in [5.41, 5.74) is 8.12. The Bertz CT molecular complexity index is 2470. The molecule has 1 spiro atoms. The van der Waals surface area contributed by atoms with E-state index >= 15 is 0 Å². The van der Waals surface area contributed by atoms with Crippen LogP contribution in [0.25, 0.3) is 22.3 Å². The lowest BCUT2D eigenvalue weighted by atomic mass is 10.0. The van der Waals surface area contributed by atoms with Crippen molar-refractivity contribution >= 4 is 57.6 Å². The number of hydrogen-bond acceptors (Lipinski definition) is 3. The number of fused-ring (bicyclic) bond motifs is 8. The van der Waals surface area contributed by atoms with Crippen LogP contribution in [0.3, 0.4) is 0 Å². The molecule has 52 heavy (non-hydrogen) atoms. The van der Waals surface area contributed by atoms with E-state index in [0.717, 1.165) is 28.6 Å². The highest BCUT2D eigenvalue weighted by Crippen LogP contribution is 2.40. The third kappa shape index (κ3) is 4.95. The minimum atomic E-state index is -2.72. The van der Waals surface area contributed by atoms with Crippen molar-refractivity contribution in [3.8, 4) is 33.8 Å². The molecule has 2 aliphatic heterocycles. The van der Waals surface area contributed by atoms with Gasteiger partial charge in [-0.25, -0.2) is 0 Å². The zero-order chi connectivity index (χ0) is 34.5. The fourth-order valence-corrected chi connectivity index (χ4v) is 15.2. The lowest BCUT2D eigenvalue weighted by molar-refractivity contribution is 0.487. The number of nitrogens with zero attached hydrogens (tertiary/aromatic N) is 1. The zero-order valence-corrected chi connectivity index (χ0v) is 30.1. The summed E-state index contributed by atoms with van der Waals surface area (Å²) in [6.07, 6.45) is 0. The first kappa shape index (κ1) is 30.7. The quantitative estimate of drug-likeness (QED) is 0.166. The average molecular weight is 700 g/mol. The molecule has 0 saturated carbocycles. The zero-order valence-electron chi connectivity index (χ0n) is 28.3. The SMILES string of the molecule is c1ccc(-c2ccc(N(c3ccccc3)c3ccc(-c4ccc5c(c4)[Si]4(c6ccccc6O5)c5ccccc5Sc5ccccc54)cc3)cc2)cc1. The number of benzene rings is 8. The van der Waals surface area contributed by atoms with Crippen LogP contribution in [0.1, 0.15) is 0 Å². The van der Waals surface area contributed by atoms with E-state index in [4.69, 9.17) is 4.74 Å². The molecule has 0 aliphatic carbocycles. The van der Waals surface area contributed by atoms with Gasteiger partial charge in [0.05, 0.1) is 0 Å². The topological polar surface area (TPSA) is 12.5 Å². The molecule has 0 atom stereocenters. The molecule has 0 N–H and O–H groups in total. The van der Waals surface area contributed by atoms with Gasteiger partial charge >= 0.3 is 0 Å². The van der Waals surface area contributed by atoms with Gasteiger partial charge in [0.1, 0.15) is 11.5 Å². The third-order valence-electron chi connectivity index (χ3n) is 10.4. The fourth-order valence-electron chi connectivity index (χ4n) is 8.06. The second-order valence-electron chi connectivity index (χ2n) is 13.3. The van der Waals surface area contributed by atoms with E-state index in [-0.39, 0.29) is 0 Å². The average Bonchev–Trinajstić information content (AvgIpc) is 3.22. The van der Waals surface area contributed by atoms with Crippen molar-refractivity contribution in [1.82, 2.24) is 0 Å². The molecule has 2 aliphatic rings. The summed E-state index contributed by atoms with van der Waals surface area (Å²) < 4.78 is 6.73. The van der Waals surface area contributed by atoms with Crippen LogP contribution in [0, 0.1) is 0 Å². The Labute approximate surface area is 309 Å². The summed E-state index contributed by atoms with van der Waals surface area (Å²) in [4.78, 5) is 5.00. The fraction of sp³-hybridized carbons (Fsp3) is 0. The summed E-state index contributed by atoms with van der Waals surface area (Å²) >= 11 is 1.89. The van der Waals surface area contributed by atoms with Crippen LogP contribution in [0.15, 0.2) is 210 Å². The number of rotatable bonds is 5. The van der Waals surface area contributed by atoms with Crippen molar-refractivity contribution in [3.63, 3.8) is 0 Å². The molecular weight excluding hydrogens is 667 g/mol. The second kappa shape index (κ2) is 12.6. The number of hydrogen-bond donors (Lipinski definition) is 0. The summed E-state index contributed by atoms with van der Waals surface area (Å²) in [7, 11) is -2.72. The molecule has 0 amide bonds. The van der Waals surface area contributed by atoms with Crippen LogP contribution in [0.4, 0.5) is 17.1 Å². The molecule has 0 saturated heterocycles. The van der Waals surface area contributed by atoms with Gasteiger partial charge in [-0.05, 0) is 104 Å². The molecule has 4 heteroatoms. The Morgan fingerprint density at radius 2 is 0.788 bits per heavy atom. The van der Waals surface area contributed by atoms with Gasteiger partial charge in [0.2, 0.25) is 0 Å². The van der Waals surface area contributed by atoms with Crippen molar-refractivity contribution in [2.45, 2.75) is 9.79 Å². The first-order chi connectivity index (χ1) is 25.8. The van der Waals surface area contributed by atoms with E-state index in [1.165, 1.54) is 52.8 Å². The molecular formula is C48H33NOSSi. The predicted molar refractivity (Wildman–Crippen MR) is 220 cm³/mol. The molecule has 8 aromatic carbocycles.